The zero-order chi connectivity index (χ0) is 13.1. The summed E-state index contributed by atoms with van der Waals surface area (Å²) in [6.07, 6.45) is 0.652. The first-order valence-corrected chi connectivity index (χ1v) is 5.93. The van der Waals surface area contributed by atoms with Crippen LogP contribution in [0.4, 0.5) is 10.1 Å². The minimum absolute atomic E-state index is 0.0450. The lowest BCUT2D eigenvalue weighted by Crippen LogP contribution is -2.35. The summed E-state index contributed by atoms with van der Waals surface area (Å²) in [5.41, 5.74) is 1.04. The van der Waals surface area contributed by atoms with Crippen molar-refractivity contribution < 1.29 is 13.9 Å². The maximum Gasteiger partial charge on any atom is 0.241 e. The molecule has 18 heavy (non-hydrogen) atoms. The van der Waals surface area contributed by atoms with E-state index in [-0.39, 0.29) is 23.7 Å². The predicted molar refractivity (Wildman–Crippen MR) is 67.0 cm³/mol. The van der Waals surface area contributed by atoms with Crippen molar-refractivity contribution in [1.82, 2.24) is 5.32 Å². The van der Waals surface area contributed by atoms with Gasteiger partial charge in [-0.1, -0.05) is 6.07 Å². The number of halogens is 1. The Morgan fingerprint density at radius 2 is 2.33 bits per heavy atom. The molecule has 2 atom stereocenters. The molecule has 4 nitrogen and oxygen atoms in total. The second-order valence-electron chi connectivity index (χ2n) is 4.53. The molecule has 2 rings (SSSR count). The maximum atomic E-state index is 13.6. The Morgan fingerprint density at radius 1 is 1.56 bits per heavy atom. The molecule has 0 radical (unpaired) electrons. The Hall–Kier alpha value is -1.46. The summed E-state index contributed by atoms with van der Waals surface area (Å²) in [7, 11) is 1.62. The maximum absolute atomic E-state index is 13.6. The largest absolute Gasteiger partial charge is 0.380 e. The monoisotopic (exact) mass is 252 g/mol. The number of hydrogen-bond donors (Lipinski definition) is 2. The molecule has 0 aromatic heterocycles. The Morgan fingerprint density at radius 3 is 2.94 bits per heavy atom. The summed E-state index contributed by atoms with van der Waals surface area (Å²) in [4.78, 5) is 11.9. The van der Waals surface area contributed by atoms with E-state index in [2.05, 4.69) is 10.6 Å². The van der Waals surface area contributed by atoms with Gasteiger partial charge in [-0.05, 0) is 31.0 Å². The van der Waals surface area contributed by atoms with E-state index < -0.39 is 5.82 Å². The van der Waals surface area contributed by atoms with Gasteiger partial charge in [-0.15, -0.1) is 0 Å². The fraction of sp³-hybridized carbons (Fsp3) is 0.462. The average Bonchev–Trinajstić information content (AvgIpc) is 2.81. The first-order chi connectivity index (χ1) is 8.60. The molecule has 5 heteroatoms. The minimum atomic E-state index is -0.412. The molecular weight excluding hydrogens is 235 g/mol. The van der Waals surface area contributed by atoms with Crippen LogP contribution in [0.15, 0.2) is 18.2 Å². The molecule has 1 fully saturated rings. The molecule has 1 aliphatic heterocycles. The second kappa shape index (κ2) is 5.46. The average molecular weight is 252 g/mol. The van der Waals surface area contributed by atoms with Gasteiger partial charge in [-0.3, -0.25) is 4.79 Å². The zero-order valence-corrected chi connectivity index (χ0v) is 10.5. The summed E-state index contributed by atoms with van der Waals surface area (Å²) in [5, 5.41) is 5.64. The normalized spacial score (nSPS) is 23.1. The first kappa shape index (κ1) is 13.0. The first-order valence-electron chi connectivity index (χ1n) is 5.93. The van der Waals surface area contributed by atoms with Crippen molar-refractivity contribution in [1.29, 1.82) is 0 Å². The molecule has 0 saturated carbocycles. The van der Waals surface area contributed by atoms with Crippen LogP contribution >= 0.6 is 0 Å². The van der Waals surface area contributed by atoms with Gasteiger partial charge in [-0.2, -0.15) is 0 Å². The smallest absolute Gasteiger partial charge is 0.241 e. The Kier molecular flexibility index (Phi) is 3.93. The van der Waals surface area contributed by atoms with Crippen LogP contribution in [0.3, 0.4) is 0 Å². The van der Waals surface area contributed by atoms with Gasteiger partial charge in [0.15, 0.2) is 0 Å². The molecule has 1 saturated heterocycles. The van der Waals surface area contributed by atoms with E-state index in [9.17, 15) is 9.18 Å². The summed E-state index contributed by atoms with van der Waals surface area (Å²) >= 11 is 0. The van der Waals surface area contributed by atoms with E-state index in [0.29, 0.717) is 13.0 Å². The third-order valence-corrected chi connectivity index (χ3v) is 3.12. The van der Waals surface area contributed by atoms with Crippen LogP contribution in [0.25, 0.3) is 0 Å². The third-order valence-electron chi connectivity index (χ3n) is 3.12. The van der Waals surface area contributed by atoms with E-state index in [4.69, 9.17) is 4.74 Å². The van der Waals surface area contributed by atoms with Crippen molar-refractivity contribution in [2.24, 2.45) is 0 Å². The highest BCUT2D eigenvalue weighted by molar-refractivity contribution is 5.95. The second-order valence-corrected chi connectivity index (χ2v) is 4.53. The number of rotatable bonds is 3. The summed E-state index contributed by atoms with van der Waals surface area (Å²) in [5.74, 6) is -0.637. The Bertz CT molecular complexity index is 451. The molecular formula is C13H17FN2O2. The van der Waals surface area contributed by atoms with Gasteiger partial charge >= 0.3 is 0 Å². The van der Waals surface area contributed by atoms with Crippen LogP contribution in [0, 0.1) is 12.7 Å². The molecule has 1 heterocycles. The van der Waals surface area contributed by atoms with E-state index >= 15 is 0 Å². The highest BCUT2D eigenvalue weighted by Gasteiger charge is 2.29. The van der Waals surface area contributed by atoms with Crippen molar-refractivity contribution in [3.8, 4) is 0 Å². The van der Waals surface area contributed by atoms with E-state index in [1.807, 2.05) is 0 Å². The van der Waals surface area contributed by atoms with Crippen LogP contribution in [-0.2, 0) is 9.53 Å². The van der Waals surface area contributed by atoms with Crippen LogP contribution in [0.2, 0.25) is 0 Å². The molecule has 0 spiro atoms. The molecule has 0 bridgehead atoms. The van der Waals surface area contributed by atoms with Gasteiger partial charge in [0.05, 0.1) is 17.8 Å². The fourth-order valence-corrected chi connectivity index (χ4v) is 2.02. The summed E-state index contributed by atoms with van der Waals surface area (Å²) in [6.45, 7) is 2.45. The van der Waals surface area contributed by atoms with Crippen molar-refractivity contribution in [3.05, 3.63) is 29.6 Å². The molecule has 1 aliphatic rings. The molecule has 98 valence electrons. The number of aryl methyl sites for hydroxylation is 1. The van der Waals surface area contributed by atoms with Crippen LogP contribution < -0.4 is 10.6 Å². The lowest BCUT2D eigenvalue weighted by atomic mass is 10.1. The van der Waals surface area contributed by atoms with Crippen molar-refractivity contribution >= 4 is 11.6 Å². The Balaban J connectivity index is 1.99. The molecule has 2 unspecified atom stereocenters. The van der Waals surface area contributed by atoms with Gasteiger partial charge in [-0.25, -0.2) is 4.39 Å². The highest BCUT2D eigenvalue weighted by atomic mass is 19.1. The van der Waals surface area contributed by atoms with Crippen LogP contribution in [-0.4, -0.2) is 31.7 Å². The molecule has 1 aromatic carbocycles. The van der Waals surface area contributed by atoms with E-state index in [1.165, 1.54) is 6.07 Å². The van der Waals surface area contributed by atoms with E-state index in [1.54, 1.807) is 26.2 Å². The van der Waals surface area contributed by atoms with Crippen LogP contribution in [0.1, 0.15) is 12.0 Å². The van der Waals surface area contributed by atoms with Gasteiger partial charge in [0.25, 0.3) is 0 Å². The van der Waals surface area contributed by atoms with Crippen molar-refractivity contribution in [2.75, 3.05) is 19.0 Å². The lowest BCUT2D eigenvalue weighted by Gasteiger charge is -2.12. The summed E-state index contributed by atoms with van der Waals surface area (Å²) in [6, 6.07) is 4.41. The number of amides is 1. The molecule has 1 amide bonds. The van der Waals surface area contributed by atoms with Crippen molar-refractivity contribution in [2.45, 2.75) is 25.5 Å². The number of nitrogens with one attached hydrogen (secondary N) is 2. The summed E-state index contributed by atoms with van der Waals surface area (Å²) < 4.78 is 18.7. The van der Waals surface area contributed by atoms with Gasteiger partial charge in [0.2, 0.25) is 5.91 Å². The quantitative estimate of drug-likeness (QED) is 0.856. The van der Waals surface area contributed by atoms with Gasteiger partial charge < -0.3 is 15.4 Å². The van der Waals surface area contributed by atoms with Crippen molar-refractivity contribution in [3.63, 3.8) is 0 Å². The zero-order valence-electron chi connectivity index (χ0n) is 10.5. The fourth-order valence-electron chi connectivity index (χ4n) is 2.02. The number of hydrogen-bond acceptors (Lipinski definition) is 3. The number of methoxy groups -OCH3 is 1. The van der Waals surface area contributed by atoms with E-state index in [0.717, 1.165) is 5.56 Å². The SMILES string of the molecule is COC1CNC(C(=O)Nc2ccc(C)cc2F)C1. The predicted octanol–water partition coefficient (Wildman–Crippen LogP) is 1.45. The van der Waals surface area contributed by atoms with Gasteiger partial charge in [0, 0.05) is 13.7 Å². The molecule has 1 aromatic rings. The number of anilines is 1. The number of ether oxygens (including phenoxy) is 1. The highest BCUT2D eigenvalue weighted by Crippen LogP contribution is 2.17. The lowest BCUT2D eigenvalue weighted by molar-refractivity contribution is -0.118. The molecule has 2 N–H and O–H groups in total. The van der Waals surface area contributed by atoms with Gasteiger partial charge in [0.1, 0.15) is 5.82 Å². The number of benzene rings is 1. The molecule has 0 aliphatic carbocycles. The Labute approximate surface area is 106 Å². The minimum Gasteiger partial charge on any atom is -0.380 e. The topological polar surface area (TPSA) is 50.4 Å². The number of carbonyl (C=O) groups excluding carboxylic acids is 1. The standard InChI is InChI=1S/C13H17FN2O2/c1-8-3-4-11(10(14)5-8)16-13(17)12-6-9(18-2)7-15-12/h3-5,9,12,15H,6-7H2,1-2H3,(H,16,17). The number of carbonyl (C=O) groups is 1. The van der Waals surface area contributed by atoms with Crippen LogP contribution in [0.5, 0.6) is 0 Å². The third kappa shape index (κ3) is 2.86.